The minimum atomic E-state index is -4.45. The van der Waals surface area contributed by atoms with Gasteiger partial charge < -0.3 is 38.6 Å². The number of nitrogens with one attached hydrogen (secondary N) is 2. The summed E-state index contributed by atoms with van der Waals surface area (Å²) in [6.07, 6.45) is -6.86. The first-order valence-electron chi connectivity index (χ1n) is 15.3. The van der Waals surface area contributed by atoms with Crippen LogP contribution in [0.4, 0.5) is 9.18 Å². The quantitative estimate of drug-likeness (QED) is 0.126. The molecule has 50 heavy (non-hydrogen) atoms. The molecule has 1 amide bonds. The lowest BCUT2D eigenvalue weighted by Crippen LogP contribution is -2.50. The topological polar surface area (TPSA) is 221 Å². The second-order valence-corrected chi connectivity index (χ2v) is 13.3. The molecule has 3 rings (SSSR count). The molecule has 2 unspecified atom stereocenters. The third-order valence-corrected chi connectivity index (χ3v) is 9.03. The first kappa shape index (κ1) is 40.3. The van der Waals surface area contributed by atoms with Crippen molar-refractivity contribution in [1.82, 2.24) is 19.5 Å². The van der Waals surface area contributed by atoms with Crippen LogP contribution < -0.4 is 26.2 Å². The van der Waals surface area contributed by atoms with Crippen LogP contribution in [0.25, 0.3) is 0 Å². The smallest absolute Gasteiger partial charge is 0.459 e. The summed E-state index contributed by atoms with van der Waals surface area (Å²) in [7, 11) is -2.11. The Morgan fingerprint density at radius 1 is 1.08 bits per heavy atom. The zero-order valence-corrected chi connectivity index (χ0v) is 29.4. The summed E-state index contributed by atoms with van der Waals surface area (Å²) in [5, 5.41) is 15.6. The van der Waals surface area contributed by atoms with Crippen LogP contribution in [-0.4, -0.2) is 95.3 Å². The number of methoxy groups -OCH3 is 2. The fourth-order valence-electron chi connectivity index (χ4n) is 4.59. The van der Waals surface area contributed by atoms with Crippen LogP contribution in [0.3, 0.4) is 0 Å². The van der Waals surface area contributed by atoms with Gasteiger partial charge in [-0.25, -0.2) is 27.9 Å². The van der Waals surface area contributed by atoms with Gasteiger partial charge in [0.2, 0.25) is 0 Å². The SMILES string of the molecule is COC(=O)N[C@H](C(=O)OCn1c(=O)ccn([C@@H]2O[C@H](COP(=O)(N[C@@H](C)C(=O)OC(C)C)Oc3ccccc3)[C@@H](O)[C@@]2(C)F)c1=O)C(C)OC. The molecular formula is C30H42FN4O14P. The summed E-state index contributed by atoms with van der Waals surface area (Å²) < 4.78 is 67.6. The molecule has 1 aromatic heterocycles. The van der Waals surface area contributed by atoms with Gasteiger partial charge in [0.25, 0.3) is 5.56 Å². The first-order valence-corrected chi connectivity index (χ1v) is 16.8. The van der Waals surface area contributed by atoms with Gasteiger partial charge in [-0.1, -0.05) is 18.2 Å². The number of rotatable bonds is 16. The number of alkyl halides is 1. The predicted octanol–water partition coefficient (Wildman–Crippen LogP) is 1.39. The molecule has 18 nitrogen and oxygen atoms in total. The van der Waals surface area contributed by atoms with E-state index in [1.165, 1.54) is 33.1 Å². The van der Waals surface area contributed by atoms with E-state index >= 15 is 4.39 Å². The number of benzene rings is 1. The zero-order valence-electron chi connectivity index (χ0n) is 28.5. The second-order valence-electron chi connectivity index (χ2n) is 11.6. The summed E-state index contributed by atoms with van der Waals surface area (Å²) in [5.41, 5.74) is -4.83. The van der Waals surface area contributed by atoms with Crippen LogP contribution in [0.15, 0.2) is 52.2 Å². The Balaban J connectivity index is 1.83. The van der Waals surface area contributed by atoms with Gasteiger partial charge in [0.1, 0.15) is 24.0 Å². The highest BCUT2D eigenvalue weighted by Crippen LogP contribution is 2.47. The minimum Gasteiger partial charge on any atom is -0.462 e. The molecule has 3 N–H and O–H groups in total. The number of para-hydroxylation sites is 1. The van der Waals surface area contributed by atoms with Crippen LogP contribution >= 0.6 is 7.75 Å². The molecule has 2 heterocycles. The Morgan fingerprint density at radius 3 is 2.34 bits per heavy atom. The molecule has 20 heteroatoms. The number of aliphatic hydroxyl groups is 1. The van der Waals surface area contributed by atoms with Crippen molar-refractivity contribution < 1.29 is 61.2 Å². The van der Waals surface area contributed by atoms with Gasteiger partial charge in [-0.15, -0.1) is 0 Å². The molecule has 1 aliphatic rings. The van der Waals surface area contributed by atoms with Gasteiger partial charge in [-0.3, -0.25) is 18.7 Å². The Bertz CT molecular complexity index is 1650. The van der Waals surface area contributed by atoms with Gasteiger partial charge in [-0.2, -0.15) is 5.09 Å². The number of halogens is 1. The predicted molar refractivity (Wildman–Crippen MR) is 171 cm³/mol. The molecule has 0 radical (unpaired) electrons. The summed E-state index contributed by atoms with van der Waals surface area (Å²) in [6.45, 7) is 5.26. The number of carbonyl (C=O) groups is 3. The lowest BCUT2D eigenvalue weighted by molar-refractivity contribution is -0.153. The first-order chi connectivity index (χ1) is 23.4. The maximum absolute atomic E-state index is 16.1. The lowest BCUT2D eigenvalue weighted by atomic mass is 9.98. The monoisotopic (exact) mass is 732 g/mol. The molecule has 2 aromatic rings. The van der Waals surface area contributed by atoms with Crippen LogP contribution in [-0.2, 0) is 49.1 Å². The number of alkyl carbamates (subject to hydrolysis) is 1. The highest BCUT2D eigenvalue weighted by atomic mass is 31.2. The Kier molecular flexibility index (Phi) is 13.9. The van der Waals surface area contributed by atoms with Gasteiger partial charge in [0.05, 0.1) is 25.9 Å². The molecule has 0 aliphatic carbocycles. The van der Waals surface area contributed by atoms with Gasteiger partial charge in [0, 0.05) is 19.4 Å². The van der Waals surface area contributed by atoms with Crippen molar-refractivity contribution in [2.24, 2.45) is 0 Å². The molecule has 0 spiro atoms. The van der Waals surface area contributed by atoms with Crippen molar-refractivity contribution in [1.29, 1.82) is 0 Å². The van der Waals surface area contributed by atoms with Crippen molar-refractivity contribution in [3.8, 4) is 5.75 Å². The maximum atomic E-state index is 16.1. The van der Waals surface area contributed by atoms with Crippen molar-refractivity contribution in [3.63, 3.8) is 0 Å². The standard InChI is InChI=1S/C30H42FN4O14P/c1-17(2)47-25(38)18(3)33-50(42,49-20-11-9-8-10-12-20)46-15-21-24(37)30(5,31)27(48-21)34-14-13-22(36)35(29(34)41)16-45-26(39)23(19(4)43-6)32-28(40)44-7/h8-14,17-19,21,23-24,27,37H,15-16H2,1-7H3,(H,32,40)(H,33,42)/t18-,19?,21+,23-,24+,27+,30+,50?/m0/s1. The number of aromatic nitrogens is 2. The fraction of sp³-hybridized carbons (Fsp3) is 0.567. The zero-order chi connectivity index (χ0) is 37.4. The van der Waals surface area contributed by atoms with Crippen molar-refractivity contribution in [2.75, 3.05) is 20.8 Å². The summed E-state index contributed by atoms with van der Waals surface area (Å²) in [6, 6.07) is 6.08. The summed E-state index contributed by atoms with van der Waals surface area (Å²) in [5.74, 6) is -1.76. The number of ether oxygens (including phenoxy) is 5. The summed E-state index contributed by atoms with van der Waals surface area (Å²) >= 11 is 0. The third-order valence-electron chi connectivity index (χ3n) is 7.39. The molecule has 1 aromatic carbocycles. The molecule has 0 bridgehead atoms. The number of aliphatic hydroxyl groups excluding tert-OH is 1. The van der Waals surface area contributed by atoms with E-state index in [2.05, 4.69) is 15.1 Å². The lowest BCUT2D eigenvalue weighted by Gasteiger charge is -2.26. The van der Waals surface area contributed by atoms with E-state index in [1.54, 1.807) is 32.0 Å². The number of hydrogen-bond acceptors (Lipinski definition) is 14. The van der Waals surface area contributed by atoms with E-state index in [4.69, 9.17) is 28.0 Å². The number of amides is 1. The molecule has 1 fully saturated rings. The number of hydrogen-bond donors (Lipinski definition) is 3. The molecule has 1 saturated heterocycles. The Hall–Kier alpha value is -4.13. The number of nitrogens with zero attached hydrogens (tertiary/aromatic N) is 2. The van der Waals surface area contributed by atoms with E-state index in [9.17, 15) is 33.6 Å². The van der Waals surface area contributed by atoms with Crippen LogP contribution in [0.1, 0.15) is 40.8 Å². The average molecular weight is 733 g/mol. The normalized spacial score (nSPS) is 23.3. The van der Waals surface area contributed by atoms with Gasteiger partial charge in [-0.05, 0) is 46.8 Å². The molecule has 278 valence electrons. The fourth-order valence-corrected chi connectivity index (χ4v) is 6.10. The molecule has 8 atom stereocenters. The molecule has 0 saturated carbocycles. The van der Waals surface area contributed by atoms with E-state index in [-0.39, 0.29) is 5.75 Å². The minimum absolute atomic E-state index is 0.0902. The molecule has 1 aliphatic heterocycles. The van der Waals surface area contributed by atoms with Crippen LogP contribution in [0.2, 0.25) is 0 Å². The number of esters is 2. The Morgan fingerprint density at radius 2 is 1.74 bits per heavy atom. The largest absolute Gasteiger partial charge is 0.462 e. The Labute approximate surface area is 286 Å². The summed E-state index contributed by atoms with van der Waals surface area (Å²) in [4.78, 5) is 62.9. The third kappa shape index (κ3) is 9.98. The van der Waals surface area contributed by atoms with Gasteiger partial charge in [0.15, 0.2) is 24.7 Å². The number of carbonyl (C=O) groups excluding carboxylic acids is 3. The average Bonchev–Trinajstić information content (AvgIpc) is 3.29. The van der Waals surface area contributed by atoms with E-state index < -0.39 is 98.8 Å². The maximum Gasteiger partial charge on any atom is 0.459 e. The van der Waals surface area contributed by atoms with E-state index in [0.29, 0.717) is 9.13 Å². The van der Waals surface area contributed by atoms with Crippen molar-refractivity contribution >= 4 is 25.8 Å². The van der Waals surface area contributed by atoms with E-state index in [1.807, 2.05) is 0 Å². The van der Waals surface area contributed by atoms with Gasteiger partial charge >= 0.3 is 31.5 Å². The van der Waals surface area contributed by atoms with Crippen LogP contribution in [0.5, 0.6) is 5.75 Å². The molecular weight excluding hydrogens is 690 g/mol. The van der Waals surface area contributed by atoms with Crippen molar-refractivity contribution in [3.05, 3.63) is 63.4 Å². The van der Waals surface area contributed by atoms with Crippen LogP contribution in [0, 0.1) is 0 Å². The highest BCUT2D eigenvalue weighted by Gasteiger charge is 2.56. The van der Waals surface area contributed by atoms with Crippen molar-refractivity contribution in [2.45, 2.75) is 89.7 Å². The highest BCUT2D eigenvalue weighted by molar-refractivity contribution is 7.52. The van der Waals surface area contributed by atoms with E-state index in [0.717, 1.165) is 26.3 Å². The second kappa shape index (κ2) is 17.2.